The first kappa shape index (κ1) is 12.4. The lowest BCUT2D eigenvalue weighted by atomic mass is 9.72. The first-order valence-electron chi connectivity index (χ1n) is 6.99. The summed E-state index contributed by atoms with van der Waals surface area (Å²) in [6, 6.07) is 1.45. The van der Waals surface area contributed by atoms with Crippen molar-refractivity contribution in [3.63, 3.8) is 0 Å². The Labute approximate surface area is 100 Å². The molecule has 1 atom stereocenters. The van der Waals surface area contributed by atoms with Crippen LogP contribution in [0.5, 0.6) is 0 Å². The van der Waals surface area contributed by atoms with Gasteiger partial charge in [-0.15, -0.1) is 0 Å². The molecule has 0 radical (unpaired) electrons. The molecule has 0 aromatic heterocycles. The quantitative estimate of drug-likeness (QED) is 0.794. The lowest BCUT2D eigenvalue weighted by molar-refractivity contribution is -0.0189. The number of hydrogen-bond acceptors (Lipinski definition) is 2. The van der Waals surface area contributed by atoms with Crippen molar-refractivity contribution in [1.29, 1.82) is 0 Å². The average molecular weight is 225 g/mol. The van der Waals surface area contributed by atoms with Crippen molar-refractivity contribution in [2.45, 2.75) is 77.5 Å². The van der Waals surface area contributed by atoms with Gasteiger partial charge >= 0.3 is 0 Å². The Hall–Kier alpha value is -0.0800. The summed E-state index contributed by atoms with van der Waals surface area (Å²) in [6.45, 7) is 7.79. The van der Waals surface area contributed by atoms with E-state index in [9.17, 15) is 0 Å². The summed E-state index contributed by atoms with van der Waals surface area (Å²) in [4.78, 5) is 0. The standard InChI is InChI=1S/C14H27NO/c1-4-16-12-9-11(10-12)15-13-7-5-6-8-14(13,2)3/h11-13,15H,4-10H2,1-3H3. The Balaban J connectivity index is 1.73. The Morgan fingerprint density at radius 1 is 1.25 bits per heavy atom. The normalized spacial score (nSPS) is 38.1. The molecule has 0 amide bonds. The largest absolute Gasteiger partial charge is 0.378 e. The van der Waals surface area contributed by atoms with Crippen LogP contribution in [0.1, 0.15) is 59.3 Å². The minimum absolute atomic E-state index is 0.495. The van der Waals surface area contributed by atoms with Crippen LogP contribution in [0, 0.1) is 5.41 Å². The smallest absolute Gasteiger partial charge is 0.0604 e. The van der Waals surface area contributed by atoms with Crippen molar-refractivity contribution in [3.05, 3.63) is 0 Å². The van der Waals surface area contributed by atoms with Crippen LogP contribution in [0.25, 0.3) is 0 Å². The van der Waals surface area contributed by atoms with Crippen LogP contribution in [0.3, 0.4) is 0 Å². The molecule has 2 nitrogen and oxygen atoms in total. The maximum absolute atomic E-state index is 5.61. The first-order valence-corrected chi connectivity index (χ1v) is 6.99. The van der Waals surface area contributed by atoms with E-state index in [2.05, 4.69) is 26.1 Å². The molecule has 1 unspecified atom stereocenters. The Bertz CT molecular complexity index is 221. The van der Waals surface area contributed by atoms with Gasteiger partial charge < -0.3 is 10.1 Å². The second-order valence-corrected chi connectivity index (χ2v) is 6.20. The van der Waals surface area contributed by atoms with Crippen LogP contribution in [0.4, 0.5) is 0 Å². The molecule has 1 N–H and O–H groups in total. The van der Waals surface area contributed by atoms with Gasteiger partial charge in [0.1, 0.15) is 0 Å². The lowest BCUT2D eigenvalue weighted by Gasteiger charge is -2.45. The van der Waals surface area contributed by atoms with Crippen molar-refractivity contribution in [2.75, 3.05) is 6.61 Å². The second kappa shape index (κ2) is 5.05. The summed E-state index contributed by atoms with van der Waals surface area (Å²) in [6.07, 6.45) is 8.55. The SMILES string of the molecule is CCOC1CC(NC2CCCCC2(C)C)C1. The van der Waals surface area contributed by atoms with Gasteiger partial charge in [0, 0.05) is 18.7 Å². The maximum Gasteiger partial charge on any atom is 0.0604 e. The van der Waals surface area contributed by atoms with E-state index in [1.54, 1.807) is 0 Å². The zero-order valence-corrected chi connectivity index (χ0v) is 11.1. The van der Waals surface area contributed by atoms with Gasteiger partial charge in [-0.1, -0.05) is 26.7 Å². The highest BCUT2D eigenvalue weighted by Gasteiger charge is 2.37. The molecule has 0 aliphatic heterocycles. The fraction of sp³-hybridized carbons (Fsp3) is 1.00. The number of ether oxygens (including phenoxy) is 1. The molecule has 2 fully saturated rings. The van der Waals surface area contributed by atoms with E-state index in [0.717, 1.165) is 18.7 Å². The van der Waals surface area contributed by atoms with E-state index < -0.39 is 0 Å². The number of nitrogens with one attached hydrogen (secondary N) is 1. The third-order valence-corrected chi connectivity index (χ3v) is 4.44. The summed E-state index contributed by atoms with van der Waals surface area (Å²) < 4.78 is 5.61. The van der Waals surface area contributed by atoms with Crippen molar-refractivity contribution >= 4 is 0 Å². The van der Waals surface area contributed by atoms with Gasteiger partial charge in [-0.05, 0) is 38.0 Å². The molecule has 0 saturated heterocycles. The molecule has 2 saturated carbocycles. The second-order valence-electron chi connectivity index (χ2n) is 6.20. The van der Waals surface area contributed by atoms with Crippen LogP contribution in [0.2, 0.25) is 0 Å². The van der Waals surface area contributed by atoms with Crippen LogP contribution in [0.15, 0.2) is 0 Å². The van der Waals surface area contributed by atoms with Crippen molar-refractivity contribution in [2.24, 2.45) is 5.41 Å². The zero-order chi connectivity index (χ0) is 11.6. The third kappa shape index (κ3) is 2.78. The molecule has 2 aliphatic carbocycles. The number of rotatable bonds is 4. The summed E-state index contributed by atoms with van der Waals surface area (Å²) in [7, 11) is 0. The van der Waals surface area contributed by atoms with E-state index in [4.69, 9.17) is 4.74 Å². The third-order valence-electron chi connectivity index (χ3n) is 4.44. The molecule has 0 bridgehead atoms. The van der Waals surface area contributed by atoms with Crippen LogP contribution < -0.4 is 5.32 Å². The highest BCUT2D eigenvalue weighted by atomic mass is 16.5. The molecule has 0 spiro atoms. The summed E-state index contributed by atoms with van der Waals surface area (Å²) in [5, 5.41) is 3.85. The molecule has 0 heterocycles. The molecule has 2 rings (SSSR count). The van der Waals surface area contributed by atoms with Crippen molar-refractivity contribution < 1.29 is 4.74 Å². The summed E-state index contributed by atoms with van der Waals surface area (Å²) in [5.74, 6) is 0. The van der Waals surface area contributed by atoms with Gasteiger partial charge in [0.25, 0.3) is 0 Å². The van der Waals surface area contributed by atoms with Gasteiger partial charge in [0.05, 0.1) is 6.10 Å². The van der Waals surface area contributed by atoms with Crippen molar-refractivity contribution in [3.8, 4) is 0 Å². The molecule has 94 valence electrons. The van der Waals surface area contributed by atoms with E-state index in [1.165, 1.54) is 38.5 Å². The average Bonchev–Trinajstić information content (AvgIpc) is 2.17. The highest BCUT2D eigenvalue weighted by Crippen LogP contribution is 2.37. The van der Waals surface area contributed by atoms with Gasteiger partial charge in [0.2, 0.25) is 0 Å². The topological polar surface area (TPSA) is 21.3 Å². The first-order chi connectivity index (χ1) is 7.62. The monoisotopic (exact) mass is 225 g/mol. The van der Waals surface area contributed by atoms with Gasteiger partial charge in [-0.25, -0.2) is 0 Å². The van der Waals surface area contributed by atoms with E-state index in [1.807, 2.05) is 0 Å². The lowest BCUT2D eigenvalue weighted by Crippen LogP contribution is -2.54. The fourth-order valence-electron chi connectivity index (χ4n) is 3.16. The van der Waals surface area contributed by atoms with Gasteiger partial charge in [-0.2, -0.15) is 0 Å². The molecule has 0 aromatic rings. The molecule has 2 heteroatoms. The Kier molecular flexibility index (Phi) is 3.91. The number of hydrogen-bond donors (Lipinski definition) is 1. The van der Waals surface area contributed by atoms with Crippen molar-refractivity contribution in [1.82, 2.24) is 5.32 Å². The fourth-order valence-corrected chi connectivity index (χ4v) is 3.16. The molecule has 2 aliphatic rings. The Morgan fingerprint density at radius 2 is 2.00 bits per heavy atom. The Morgan fingerprint density at radius 3 is 2.62 bits per heavy atom. The zero-order valence-electron chi connectivity index (χ0n) is 11.1. The molecule has 0 aromatic carbocycles. The van der Waals surface area contributed by atoms with Gasteiger partial charge in [0.15, 0.2) is 0 Å². The van der Waals surface area contributed by atoms with Gasteiger partial charge in [-0.3, -0.25) is 0 Å². The van der Waals surface area contributed by atoms with E-state index in [0.29, 0.717) is 11.5 Å². The summed E-state index contributed by atoms with van der Waals surface area (Å²) >= 11 is 0. The molecule has 16 heavy (non-hydrogen) atoms. The van der Waals surface area contributed by atoms with E-state index in [-0.39, 0.29) is 0 Å². The van der Waals surface area contributed by atoms with Crippen LogP contribution in [-0.2, 0) is 4.74 Å². The molecular weight excluding hydrogens is 198 g/mol. The van der Waals surface area contributed by atoms with E-state index >= 15 is 0 Å². The molecular formula is C14H27NO. The summed E-state index contributed by atoms with van der Waals surface area (Å²) in [5.41, 5.74) is 0.495. The van der Waals surface area contributed by atoms with Crippen LogP contribution >= 0.6 is 0 Å². The highest BCUT2D eigenvalue weighted by molar-refractivity contribution is 4.94. The maximum atomic E-state index is 5.61. The minimum Gasteiger partial charge on any atom is -0.378 e. The van der Waals surface area contributed by atoms with Crippen LogP contribution in [-0.4, -0.2) is 24.8 Å². The predicted molar refractivity (Wildman–Crippen MR) is 67.6 cm³/mol. The minimum atomic E-state index is 0.495. The predicted octanol–water partition coefficient (Wildman–Crippen LogP) is 3.11.